The van der Waals surface area contributed by atoms with E-state index in [2.05, 4.69) is 10.3 Å². The van der Waals surface area contributed by atoms with Crippen LogP contribution in [0.25, 0.3) is 6.08 Å². The van der Waals surface area contributed by atoms with E-state index in [1.165, 1.54) is 11.8 Å². The van der Waals surface area contributed by atoms with Crippen LogP contribution in [0.1, 0.15) is 16.7 Å². The van der Waals surface area contributed by atoms with Crippen LogP contribution in [0.4, 0.5) is 5.69 Å². The SMILES string of the molecule is Cc1ccc(C)c(N=C2NC(=O)/C(=C/c3ccc4c(c3)OCO4)S2)c1. The number of amidine groups is 1. The molecular weight excluding hydrogens is 336 g/mol. The van der Waals surface area contributed by atoms with Crippen LogP contribution in [0.3, 0.4) is 0 Å². The summed E-state index contributed by atoms with van der Waals surface area (Å²) in [5.41, 5.74) is 3.96. The first-order chi connectivity index (χ1) is 12.1. The predicted octanol–water partition coefficient (Wildman–Crippen LogP) is 3.92. The predicted molar refractivity (Wildman–Crippen MR) is 99.3 cm³/mol. The van der Waals surface area contributed by atoms with E-state index in [0.717, 1.165) is 28.1 Å². The van der Waals surface area contributed by atoms with Gasteiger partial charge in [-0.3, -0.25) is 4.79 Å². The van der Waals surface area contributed by atoms with Gasteiger partial charge in [-0.25, -0.2) is 4.99 Å². The fourth-order valence-corrected chi connectivity index (χ4v) is 3.42. The molecule has 0 atom stereocenters. The van der Waals surface area contributed by atoms with Crippen LogP contribution in [-0.4, -0.2) is 17.9 Å². The van der Waals surface area contributed by atoms with Crippen LogP contribution in [0.5, 0.6) is 11.5 Å². The molecule has 0 aliphatic carbocycles. The third kappa shape index (κ3) is 3.25. The van der Waals surface area contributed by atoms with E-state index < -0.39 is 0 Å². The molecule has 1 saturated heterocycles. The van der Waals surface area contributed by atoms with Gasteiger partial charge in [-0.05, 0) is 66.6 Å². The van der Waals surface area contributed by atoms with Crippen LogP contribution in [-0.2, 0) is 4.79 Å². The number of rotatable bonds is 2. The van der Waals surface area contributed by atoms with Gasteiger partial charge in [0.05, 0.1) is 10.6 Å². The summed E-state index contributed by atoms with van der Waals surface area (Å²) in [6, 6.07) is 11.7. The molecule has 2 aliphatic heterocycles. The van der Waals surface area contributed by atoms with Crippen LogP contribution in [0, 0.1) is 13.8 Å². The average Bonchev–Trinajstić information content (AvgIpc) is 3.17. The molecule has 2 heterocycles. The molecular formula is C19H16N2O3S. The maximum Gasteiger partial charge on any atom is 0.264 e. The zero-order valence-electron chi connectivity index (χ0n) is 13.8. The first-order valence-electron chi connectivity index (χ1n) is 7.85. The Morgan fingerprint density at radius 2 is 1.96 bits per heavy atom. The van der Waals surface area contributed by atoms with Crippen molar-refractivity contribution in [3.8, 4) is 11.5 Å². The Kier molecular flexibility index (Phi) is 3.97. The van der Waals surface area contributed by atoms with Crippen LogP contribution >= 0.6 is 11.8 Å². The lowest BCUT2D eigenvalue weighted by atomic mass is 10.1. The Balaban J connectivity index is 1.60. The lowest BCUT2D eigenvalue weighted by Gasteiger charge is -2.02. The van der Waals surface area contributed by atoms with Crippen molar-refractivity contribution in [2.24, 2.45) is 4.99 Å². The van der Waals surface area contributed by atoms with E-state index >= 15 is 0 Å². The van der Waals surface area contributed by atoms with Gasteiger partial charge in [0.25, 0.3) is 5.91 Å². The second-order valence-electron chi connectivity index (χ2n) is 5.88. The van der Waals surface area contributed by atoms with Gasteiger partial charge in [0.15, 0.2) is 16.7 Å². The maximum absolute atomic E-state index is 12.2. The summed E-state index contributed by atoms with van der Waals surface area (Å²) < 4.78 is 10.7. The van der Waals surface area contributed by atoms with E-state index in [4.69, 9.17) is 9.47 Å². The standard InChI is InChI=1S/C19H16N2O3S/c1-11-3-4-12(2)14(7-11)20-19-21-18(22)17(25-19)9-13-5-6-15-16(8-13)24-10-23-15/h3-9H,10H2,1-2H3,(H,20,21,22)/b17-9-. The van der Waals surface area contributed by atoms with Gasteiger partial charge in [0.2, 0.25) is 6.79 Å². The van der Waals surface area contributed by atoms with Gasteiger partial charge in [0.1, 0.15) is 0 Å². The molecule has 1 amide bonds. The third-order valence-corrected chi connectivity index (χ3v) is 4.84. The Bertz CT molecular complexity index is 934. The monoisotopic (exact) mass is 352 g/mol. The second-order valence-corrected chi connectivity index (χ2v) is 6.92. The minimum absolute atomic E-state index is 0.147. The molecule has 1 N–H and O–H groups in total. The quantitative estimate of drug-likeness (QED) is 0.832. The number of fused-ring (bicyclic) bond motifs is 1. The molecule has 0 aromatic heterocycles. The number of benzene rings is 2. The van der Waals surface area contributed by atoms with Crippen molar-refractivity contribution < 1.29 is 14.3 Å². The van der Waals surface area contributed by atoms with Crippen LogP contribution in [0.2, 0.25) is 0 Å². The van der Waals surface area contributed by atoms with Crippen LogP contribution in [0.15, 0.2) is 46.3 Å². The minimum atomic E-state index is -0.147. The average molecular weight is 352 g/mol. The molecule has 0 saturated carbocycles. The van der Waals surface area contributed by atoms with E-state index in [1.54, 1.807) is 0 Å². The molecule has 126 valence electrons. The molecule has 2 aromatic rings. The van der Waals surface area contributed by atoms with E-state index in [9.17, 15) is 4.79 Å². The number of carbonyl (C=O) groups excluding carboxylic acids is 1. The lowest BCUT2D eigenvalue weighted by molar-refractivity contribution is -0.115. The molecule has 1 fully saturated rings. The first-order valence-corrected chi connectivity index (χ1v) is 8.67. The number of aryl methyl sites for hydroxylation is 2. The summed E-state index contributed by atoms with van der Waals surface area (Å²) in [5.74, 6) is 1.27. The number of thioether (sulfide) groups is 1. The largest absolute Gasteiger partial charge is 0.454 e. The summed E-state index contributed by atoms with van der Waals surface area (Å²) >= 11 is 1.33. The van der Waals surface area contributed by atoms with Crippen molar-refractivity contribution in [1.82, 2.24) is 5.32 Å². The van der Waals surface area contributed by atoms with Crippen molar-refractivity contribution in [2.45, 2.75) is 13.8 Å². The summed E-state index contributed by atoms with van der Waals surface area (Å²) in [5, 5.41) is 3.41. The summed E-state index contributed by atoms with van der Waals surface area (Å²) in [6.45, 7) is 4.26. The normalized spacial score (nSPS) is 18.9. The van der Waals surface area contributed by atoms with Gasteiger partial charge in [-0.15, -0.1) is 0 Å². The van der Waals surface area contributed by atoms with Crippen molar-refractivity contribution in [3.05, 3.63) is 58.0 Å². The highest BCUT2D eigenvalue weighted by Crippen LogP contribution is 2.35. The zero-order chi connectivity index (χ0) is 17.4. The van der Waals surface area contributed by atoms with Crippen molar-refractivity contribution >= 4 is 34.6 Å². The zero-order valence-corrected chi connectivity index (χ0v) is 14.6. The molecule has 2 aliphatic rings. The first kappa shape index (κ1) is 15.8. The number of ether oxygens (including phenoxy) is 2. The molecule has 4 rings (SSSR count). The Morgan fingerprint density at radius 1 is 1.12 bits per heavy atom. The van der Waals surface area contributed by atoms with Crippen molar-refractivity contribution in [1.29, 1.82) is 0 Å². The van der Waals surface area contributed by atoms with Crippen molar-refractivity contribution in [3.63, 3.8) is 0 Å². The third-order valence-electron chi connectivity index (χ3n) is 3.93. The van der Waals surface area contributed by atoms with Gasteiger partial charge in [-0.1, -0.05) is 18.2 Å². The number of amides is 1. The van der Waals surface area contributed by atoms with Crippen molar-refractivity contribution in [2.75, 3.05) is 6.79 Å². The number of aliphatic imine (C=N–C) groups is 1. The van der Waals surface area contributed by atoms with Crippen LogP contribution < -0.4 is 14.8 Å². The fraction of sp³-hybridized carbons (Fsp3) is 0.158. The van der Waals surface area contributed by atoms with Gasteiger partial charge >= 0.3 is 0 Å². The highest BCUT2D eigenvalue weighted by molar-refractivity contribution is 8.18. The van der Waals surface area contributed by atoms with E-state index in [0.29, 0.717) is 15.8 Å². The smallest absolute Gasteiger partial charge is 0.264 e. The van der Waals surface area contributed by atoms with E-state index in [-0.39, 0.29) is 12.7 Å². The van der Waals surface area contributed by atoms with Gasteiger partial charge in [-0.2, -0.15) is 0 Å². The highest BCUT2D eigenvalue weighted by atomic mass is 32.2. The Hall–Kier alpha value is -2.73. The van der Waals surface area contributed by atoms with E-state index in [1.807, 2.05) is 56.3 Å². The Labute approximate surface area is 149 Å². The molecule has 0 bridgehead atoms. The number of hydrogen-bond acceptors (Lipinski definition) is 5. The summed E-state index contributed by atoms with van der Waals surface area (Å²) in [4.78, 5) is 17.4. The number of carbonyl (C=O) groups is 1. The number of nitrogens with zero attached hydrogens (tertiary/aromatic N) is 1. The number of hydrogen-bond donors (Lipinski definition) is 1. The molecule has 2 aromatic carbocycles. The highest BCUT2D eigenvalue weighted by Gasteiger charge is 2.24. The Morgan fingerprint density at radius 3 is 2.84 bits per heavy atom. The summed E-state index contributed by atoms with van der Waals surface area (Å²) in [7, 11) is 0. The molecule has 25 heavy (non-hydrogen) atoms. The molecule has 0 unspecified atom stereocenters. The lowest BCUT2D eigenvalue weighted by Crippen LogP contribution is -2.19. The minimum Gasteiger partial charge on any atom is -0.454 e. The topological polar surface area (TPSA) is 59.9 Å². The summed E-state index contributed by atoms with van der Waals surface area (Å²) in [6.07, 6.45) is 1.83. The maximum atomic E-state index is 12.2. The second kappa shape index (κ2) is 6.29. The molecule has 0 spiro atoms. The van der Waals surface area contributed by atoms with Gasteiger partial charge < -0.3 is 14.8 Å². The molecule has 6 heteroatoms. The van der Waals surface area contributed by atoms with Gasteiger partial charge in [0, 0.05) is 0 Å². The fourth-order valence-electron chi connectivity index (χ4n) is 2.58. The molecule has 5 nitrogen and oxygen atoms in total. The molecule has 0 radical (unpaired) electrons. The number of nitrogens with one attached hydrogen (secondary N) is 1.